The van der Waals surface area contributed by atoms with E-state index in [9.17, 15) is 0 Å². The number of pyridine rings is 1. The van der Waals surface area contributed by atoms with Gasteiger partial charge in [0.15, 0.2) is 0 Å². The third-order valence-corrected chi connectivity index (χ3v) is 6.00. The van der Waals surface area contributed by atoms with E-state index in [1.807, 2.05) is 54.3 Å². The topological polar surface area (TPSA) is 43.2 Å². The van der Waals surface area contributed by atoms with Crippen molar-refractivity contribution in [2.45, 2.75) is 19.8 Å². The van der Waals surface area contributed by atoms with Crippen molar-refractivity contribution in [1.29, 1.82) is 0 Å². The SMILES string of the molecule is Cc1ccc2c(OCCN3CCC(=Cc4cccc(-n5cccn5)c4)CC3)cccc2n1. The summed E-state index contributed by atoms with van der Waals surface area (Å²) in [7, 11) is 0. The zero-order valence-electron chi connectivity index (χ0n) is 18.4. The largest absolute Gasteiger partial charge is 0.492 e. The molecule has 32 heavy (non-hydrogen) atoms. The number of fused-ring (bicyclic) bond motifs is 1. The molecule has 0 aliphatic carbocycles. The predicted molar refractivity (Wildman–Crippen MR) is 129 cm³/mol. The second-order valence-corrected chi connectivity index (χ2v) is 8.31. The summed E-state index contributed by atoms with van der Waals surface area (Å²) in [6.07, 6.45) is 8.32. The van der Waals surface area contributed by atoms with Crippen LogP contribution in [-0.2, 0) is 0 Å². The van der Waals surface area contributed by atoms with E-state index >= 15 is 0 Å². The van der Waals surface area contributed by atoms with Crippen LogP contribution in [-0.4, -0.2) is 45.9 Å². The Morgan fingerprint density at radius 3 is 2.72 bits per heavy atom. The van der Waals surface area contributed by atoms with E-state index in [1.165, 1.54) is 11.1 Å². The first-order valence-corrected chi connectivity index (χ1v) is 11.3. The molecule has 162 valence electrons. The molecule has 4 aromatic rings. The second-order valence-electron chi connectivity index (χ2n) is 8.31. The molecule has 0 unspecified atom stereocenters. The molecule has 5 nitrogen and oxygen atoms in total. The Labute approximate surface area is 189 Å². The number of piperidine rings is 1. The first-order valence-electron chi connectivity index (χ1n) is 11.3. The van der Waals surface area contributed by atoms with Crippen molar-refractivity contribution < 1.29 is 4.74 Å². The van der Waals surface area contributed by atoms with E-state index < -0.39 is 0 Å². The maximum absolute atomic E-state index is 6.13. The van der Waals surface area contributed by atoms with Gasteiger partial charge in [-0.05, 0) is 67.8 Å². The Bertz CT molecular complexity index is 1220. The van der Waals surface area contributed by atoms with Crippen LogP contribution in [0.5, 0.6) is 5.75 Å². The molecule has 1 aliphatic heterocycles. The van der Waals surface area contributed by atoms with Crippen LogP contribution in [0.1, 0.15) is 24.1 Å². The summed E-state index contributed by atoms with van der Waals surface area (Å²) in [4.78, 5) is 7.09. The average Bonchev–Trinajstić information content (AvgIpc) is 3.35. The van der Waals surface area contributed by atoms with Crippen molar-refractivity contribution in [3.05, 3.63) is 89.9 Å². The van der Waals surface area contributed by atoms with E-state index in [2.05, 4.69) is 51.4 Å². The summed E-state index contributed by atoms with van der Waals surface area (Å²) < 4.78 is 8.03. The van der Waals surface area contributed by atoms with Crippen molar-refractivity contribution in [2.24, 2.45) is 0 Å². The molecule has 1 fully saturated rings. The number of ether oxygens (including phenoxy) is 1. The van der Waals surface area contributed by atoms with Gasteiger partial charge in [-0.25, -0.2) is 4.68 Å². The molecule has 2 aromatic carbocycles. The first-order chi connectivity index (χ1) is 15.7. The van der Waals surface area contributed by atoms with Crippen molar-refractivity contribution in [2.75, 3.05) is 26.2 Å². The molecule has 5 heteroatoms. The summed E-state index contributed by atoms with van der Waals surface area (Å²) in [6, 6.07) is 20.7. The lowest BCUT2D eigenvalue weighted by Gasteiger charge is -2.28. The summed E-state index contributed by atoms with van der Waals surface area (Å²) in [5.74, 6) is 0.921. The molecule has 0 spiro atoms. The van der Waals surface area contributed by atoms with Gasteiger partial charge in [0.05, 0.1) is 11.2 Å². The van der Waals surface area contributed by atoms with Gasteiger partial charge in [0.2, 0.25) is 0 Å². The average molecular weight is 425 g/mol. The first kappa shape index (κ1) is 20.5. The normalized spacial score (nSPS) is 14.6. The monoisotopic (exact) mass is 424 g/mol. The number of rotatable bonds is 6. The molecule has 0 radical (unpaired) electrons. The van der Waals surface area contributed by atoms with Crippen LogP contribution in [0, 0.1) is 6.92 Å². The van der Waals surface area contributed by atoms with Gasteiger partial charge in [-0.1, -0.05) is 29.8 Å². The predicted octanol–water partition coefficient (Wildman–Crippen LogP) is 5.29. The highest BCUT2D eigenvalue weighted by atomic mass is 16.5. The fourth-order valence-electron chi connectivity index (χ4n) is 4.26. The lowest BCUT2D eigenvalue weighted by molar-refractivity contribution is 0.200. The van der Waals surface area contributed by atoms with Crippen molar-refractivity contribution >= 4 is 17.0 Å². The van der Waals surface area contributed by atoms with Crippen molar-refractivity contribution in [3.63, 3.8) is 0 Å². The molecule has 5 rings (SSSR count). The summed E-state index contributed by atoms with van der Waals surface area (Å²) in [6.45, 7) is 5.80. The zero-order valence-corrected chi connectivity index (χ0v) is 18.4. The highest BCUT2D eigenvalue weighted by Crippen LogP contribution is 2.25. The third-order valence-electron chi connectivity index (χ3n) is 6.00. The Kier molecular flexibility index (Phi) is 5.99. The van der Waals surface area contributed by atoms with Crippen LogP contribution < -0.4 is 4.74 Å². The molecule has 0 saturated carbocycles. The Morgan fingerprint density at radius 1 is 1.00 bits per heavy atom. The lowest BCUT2D eigenvalue weighted by atomic mass is 10.0. The molecule has 2 aromatic heterocycles. The Hall–Kier alpha value is -3.44. The smallest absolute Gasteiger partial charge is 0.128 e. The minimum absolute atomic E-state index is 0.692. The van der Waals surface area contributed by atoms with Gasteiger partial charge in [0.25, 0.3) is 0 Å². The molecule has 1 aliphatic rings. The highest BCUT2D eigenvalue weighted by molar-refractivity contribution is 5.85. The quantitative estimate of drug-likeness (QED) is 0.422. The zero-order chi connectivity index (χ0) is 21.8. The molecule has 0 N–H and O–H groups in total. The number of aromatic nitrogens is 3. The molecule has 0 bridgehead atoms. The number of hydrogen-bond donors (Lipinski definition) is 0. The standard InChI is InChI=1S/C27H28N4O/c1-21-9-10-25-26(29-21)7-3-8-27(25)32-18-17-30-15-11-22(12-16-30)19-23-5-2-6-24(20-23)31-14-4-13-28-31/h2-10,13-14,19-20H,11-12,15-18H2,1H3. The van der Waals surface area contributed by atoms with Gasteiger partial charge in [0.1, 0.15) is 12.4 Å². The number of aryl methyl sites for hydroxylation is 1. The van der Waals surface area contributed by atoms with E-state index in [1.54, 1.807) is 0 Å². The van der Waals surface area contributed by atoms with Gasteiger partial charge >= 0.3 is 0 Å². The van der Waals surface area contributed by atoms with E-state index in [0.717, 1.165) is 60.5 Å². The maximum atomic E-state index is 6.13. The summed E-state index contributed by atoms with van der Waals surface area (Å²) in [5, 5.41) is 5.41. The minimum Gasteiger partial charge on any atom is -0.492 e. The number of hydrogen-bond acceptors (Lipinski definition) is 4. The van der Waals surface area contributed by atoms with Crippen LogP contribution in [0.2, 0.25) is 0 Å². The summed E-state index contributed by atoms with van der Waals surface area (Å²) in [5.41, 5.74) is 5.87. The highest BCUT2D eigenvalue weighted by Gasteiger charge is 2.14. The number of benzene rings is 2. The van der Waals surface area contributed by atoms with Crippen LogP contribution in [0.4, 0.5) is 0 Å². The lowest BCUT2D eigenvalue weighted by Crippen LogP contribution is -2.34. The van der Waals surface area contributed by atoms with E-state index in [4.69, 9.17) is 4.74 Å². The third kappa shape index (κ3) is 4.73. The Morgan fingerprint density at radius 2 is 1.88 bits per heavy atom. The van der Waals surface area contributed by atoms with Gasteiger partial charge in [-0.2, -0.15) is 5.10 Å². The molecule has 1 saturated heterocycles. The van der Waals surface area contributed by atoms with Crippen LogP contribution in [0.25, 0.3) is 22.7 Å². The molecule has 3 heterocycles. The maximum Gasteiger partial charge on any atom is 0.128 e. The summed E-state index contributed by atoms with van der Waals surface area (Å²) >= 11 is 0. The van der Waals surface area contributed by atoms with Gasteiger partial charge in [-0.3, -0.25) is 9.88 Å². The minimum atomic E-state index is 0.692. The van der Waals surface area contributed by atoms with Crippen molar-refractivity contribution in [3.8, 4) is 11.4 Å². The fraction of sp³-hybridized carbons (Fsp3) is 0.259. The van der Waals surface area contributed by atoms with Gasteiger partial charge in [0, 0.05) is 43.1 Å². The van der Waals surface area contributed by atoms with Crippen LogP contribution >= 0.6 is 0 Å². The van der Waals surface area contributed by atoms with Crippen LogP contribution in [0.3, 0.4) is 0 Å². The number of nitrogens with zero attached hydrogens (tertiary/aromatic N) is 4. The molecule has 0 amide bonds. The number of likely N-dealkylation sites (tertiary alicyclic amines) is 1. The molecular formula is C27H28N4O. The molecule has 0 atom stereocenters. The molecular weight excluding hydrogens is 396 g/mol. The van der Waals surface area contributed by atoms with E-state index in [-0.39, 0.29) is 0 Å². The Balaban J connectivity index is 1.15. The van der Waals surface area contributed by atoms with Gasteiger partial charge in [-0.15, -0.1) is 0 Å². The van der Waals surface area contributed by atoms with Gasteiger partial charge < -0.3 is 4.74 Å². The van der Waals surface area contributed by atoms with Crippen molar-refractivity contribution in [1.82, 2.24) is 19.7 Å². The second kappa shape index (κ2) is 9.37. The van der Waals surface area contributed by atoms with E-state index in [0.29, 0.717) is 6.61 Å². The fourth-order valence-corrected chi connectivity index (χ4v) is 4.26. The van der Waals surface area contributed by atoms with Crippen LogP contribution in [0.15, 0.2) is 78.6 Å².